The summed E-state index contributed by atoms with van der Waals surface area (Å²) in [4.78, 5) is 39.1. The minimum atomic E-state index is -1.34. The van der Waals surface area contributed by atoms with Crippen LogP contribution in [-0.4, -0.2) is 29.3 Å². The molecule has 0 radical (unpaired) electrons. The highest BCUT2D eigenvalue weighted by Crippen LogP contribution is 2.33. The van der Waals surface area contributed by atoms with Gasteiger partial charge >= 0.3 is 6.03 Å². The van der Waals surface area contributed by atoms with Gasteiger partial charge in [-0.3, -0.25) is 14.5 Å². The monoisotopic (exact) mass is 481 g/mol. The quantitative estimate of drug-likeness (QED) is 0.461. The van der Waals surface area contributed by atoms with Gasteiger partial charge in [0, 0.05) is 5.69 Å². The van der Waals surface area contributed by atoms with Gasteiger partial charge in [-0.05, 0) is 60.5 Å². The maximum absolute atomic E-state index is 13.3. The predicted molar refractivity (Wildman–Crippen MR) is 125 cm³/mol. The number of carbonyl (C=O) groups is 3. The molecule has 1 unspecified atom stereocenters. The van der Waals surface area contributed by atoms with Gasteiger partial charge in [-0.25, -0.2) is 9.18 Å². The number of imide groups is 1. The Balaban J connectivity index is 1.41. The van der Waals surface area contributed by atoms with E-state index in [4.69, 9.17) is 16.3 Å². The van der Waals surface area contributed by atoms with Gasteiger partial charge in [-0.2, -0.15) is 0 Å². The smallest absolute Gasteiger partial charge is 0.325 e. The van der Waals surface area contributed by atoms with Gasteiger partial charge in [-0.15, -0.1) is 0 Å². The molecule has 7 nitrogen and oxygen atoms in total. The number of para-hydroxylation sites is 1. The highest BCUT2D eigenvalue weighted by molar-refractivity contribution is 6.32. The van der Waals surface area contributed by atoms with Crippen molar-refractivity contribution >= 4 is 35.1 Å². The van der Waals surface area contributed by atoms with Crippen LogP contribution in [0.2, 0.25) is 5.02 Å². The van der Waals surface area contributed by atoms with Gasteiger partial charge in [0.2, 0.25) is 5.91 Å². The molecule has 0 aliphatic carbocycles. The van der Waals surface area contributed by atoms with Crippen LogP contribution in [0.4, 0.5) is 14.9 Å². The molecule has 174 valence electrons. The molecule has 1 heterocycles. The number of halogens is 2. The standard InChI is InChI=1S/C25H21ClFN3O4/c1-2-25(16-7-9-17(27)10-8-16)23(32)30(24(33)29-25)15-22(31)28-18-11-13-19(14-12-18)34-21-6-4-3-5-20(21)26/h3-14H,2,15H2,1H3,(H,28,31)(H,29,33). The maximum Gasteiger partial charge on any atom is 0.325 e. The van der Waals surface area contributed by atoms with Crippen LogP contribution in [0.1, 0.15) is 18.9 Å². The lowest BCUT2D eigenvalue weighted by Gasteiger charge is -2.25. The fraction of sp³-hybridized carbons (Fsp3) is 0.160. The molecule has 1 fully saturated rings. The first kappa shape index (κ1) is 23.3. The molecule has 0 saturated carbocycles. The minimum Gasteiger partial charge on any atom is -0.456 e. The fourth-order valence-corrected chi connectivity index (χ4v) is 3.92. The van der Waals surface area contributed by atoms with Crippen LogP contribution in [-0.2, 0) is 15.1 Å². The second-order valence-corrected chi connectivity index (χ2v) is 8.10. The van der Waals surface area contributed by atoms with Gasteiger partial charge in [0.15, 0.2) is 0 Å². The number of hydrogen-bond acceptors (Lipinski definition) is 4. The van der Waals surface area contributed by atoms with Crippen LogP contribution in [0.25, 0.3) is 0 Å². The molecule has 1 aliphatic rings. The van der Waals surface area contributed by atoms with E-state index in [1.165, 1.54) is 24.3 Å². The number of amides is 4. The lowest BCUT2D eigenvalue weighted by atomic mass is 9.87. The number of nitrogens with zero attached hydrogens (tertiary/aromatic N) is 1. The Morgan fingerprint density at radius 1 is 1.06 bits per heavy atom. The molecule has 0 aromatic heterocycles. The number of rotatable bonds is 7. The van der Waals surface area contributed by atoms with E-state index >= 15 is 0 Å². The first-order valence-electron chi connectivity index (χ1n) is 10.5. The fourth-order valence-electron chi connectivity index (χ4n) is 3.75. The van der Waals surface area contributed by atoms with Crippen molar-refractivity contribution in [1.29, 1.82) is 0 Å². The first-order chi connectivity index (χ1) is 16.3. The number of carbonyl (C=O) groups excluding carboxylic acids is 3. The van der Waals surface area contributed by atoms with Crippen molar-refractivity contribution in [2.45, 2.75) is 18.9 Å². The summed E-state index contributed by atoms with van der Waals surface area (Å²) in [5.41, 5.74) is -0.432. The summed E-state index contributed by atoms with van der Waals surface area (Å²) in [7, 11) is 0. The predicted octanol–water partition coefficient (Wildman–Crippen LogP) is 5.07. The van der Waals surface area contributed by atoms with Crippen LogP contribution in [0.5, 0.6) is 11.5 Å². The molecule has 4 amide bonds. The third kappa shape index (κ3) is 4.58. The third-order valence-corrected chi connectivity index (χ3v) is 5.86. The van der Waals surface area contributed by atoms with E-state index in [-0.39, 0.29) is 6.42 Å². The number of hydrogen-bond donors (Lipinski definition) is 2. The summed E-state index contributed by atoms with van der Waals surface area (Å²) >= 11 is 6.09. The first-order valence-corrected chi connectivity index (χ1v) is 10.9. The molecule has 1 atom stereocenters. The van der Waals surface area contributed by atoms with Crippen LogP contribution in [0.15, 0.2) is 72.8 Å². The SMILES string of the molecule is CCC1(c2ccc(F)cc2)NC(=O)N(CC(=O)Nc2ccc(Oc3ccccc3Cl)cc2)C1=O. The van der Waals surface area contributed by atoms with Gasteiger partial charge in [0.05, 0.1) is 5.02 Å². The Morgan fingerprint density at radius 3 is 2.38 bits per heavy atom. The zero-order chi connectivity index (χ0) is 24.3. The Labute approximate surface area is 200 Å². The van der Waals surface area contributed by atoms with Crippen molar-refractivity contribution < 1.29 is 23.5 Å². The molecule has 3 aromatic rings. The summed E-state index contributed by atoms with van der Waals surface area (Å²) in [6, 6.07) is 18.3. The molecule has 2 N–H and O–H groups in total. The highest BCUT2D eigenvalue weighted by atomic mass is 35.5. The topological polar surface area (TPSA) is 87.7 Å². The normalized spacial score (nSPS) is 17.4. The van der Waals surface area contributed by atoms with Crippen molar-refractivity contribution in [3.63, 3.8) is 0 Å². The zero-order valence-electron chi connectivity index (χ0n) is 18.2. The van der Waals surface area contributed by atoms with Crippen molar-refractivity contribution in [2.24, 2.45) is 0 Å². The van der Waals surface area contributed by atoms with Crippen molar-refractivity contribution in [3.05, 3.63) is 89.2 Å². The van der Waals surface area contributed by atoms with Crippen LogP contribution < -0.4 is 15.4 Å². The van der Waals surface area contributed by atoms with Crippen LogP contribution in [0, 0.1) is 5.82 Å². The second kappa shape index (κ2) is 9.52. The summed E-state index contributed by atoms with van der Waals surface area (Å²) in [6.07, 6.45) is 0.244. The van der Waals surface area contributed by atoms with Gasteiger partial charge < -0.3 is 15.4 Å². The third-order valence-electron chi connectivity index (χ3n) is 5.55. The number of benzene rings is 3. The van der Waals surface area contributed by atoms with E-state index in [1.807, 2.05) is 0 Å². The summed E-state index contributed by atoms with van der Waals surface area (Å²) in [6.45, 7) is 1.27. The summed E-state index contributed by atoms with van der Waals surface area (Å²) < 4.78 is 19.0. The van der Waals surface area contributed by atoms with Gasteiger partial charge in [0.1, 0.15) is 29.4 Å². The van der Waals surface area contributed by atoms with E-state index in [0.29, 0.717) is 27.8 Å². The molecule has 34 heavy (non-hydrogen) atoms. The van der Waals surface area contributed by atoms with Crippen LogP contribution >= 0.6 is 11.6 Å². The van der Waals surface area contributed by atoms with Gasteiger partial charge in [-0.1, -0.05) is 42.8 Å². The minimum absolute atomic E-state index is 0.244. The van der Waals surface area contributed by atoms with Crippen molar-refractivity contribution in [3.8, 4) is 11.5 Å². The lowest BCUT2D eigenvalue weighted by Crippen LogP contribution is -2.44. The molecular formula is C25H21ClFN3O4. The van der Waals surface area contributed by atoms with Gasteiger partial charge in [0.25, 0.3) is 5.91 Å². The number of ether oxygens (including phenoxy) is 1. The molecule has 9 heteroatoms. The largest absolute Gasteiger partial charge is 0.456 e. The maximum atomic E-state index is 13.3. The van der Waals surface area contributed by atoms with E-state index < -0.39 is 35.7 Å². The van der Waals surface area contributed by atoms with E-state index in [0.717, 1.165) is 4.90 Å². The average molecular weight is 482 g/mol. The Morgan fingerprint density at radius 2 is 1.74 bits per heavy atom. The number of urea groups is 1. The molecule has 1 aliphatic heterocycles. The number of anilines is 1. The summed E-state index contributed by atoms with van der Waals surface area (Å²) in [5, 5.41) is 5.80. The molecule has 3 aromatic carbocycles. The van der Waals surface area contributed by atoms with Crippen molar-refractivity contribution in [1.82, 2.24) is 10.2 Å². The average Bonchev–Trinajstić information content (AvgIpc) is 3.07. The second-order valence-electron chi connectivity index (χ2n) is 7.69. The Kier molecular flexibility index (Phi) is 6.51. The van der Waals surface area contributed by atoms with E-state index in [2.05, 4.69) is 10.6 Å². The number of nitrogens with one attached hydrogen (secondary N) is 2. The molecule has 1 saturated heterocycles. The van der Waals surface area contributed by atoms with E-state index in [9.17, 15) is 18.8 Å². The zero-order valence-corrected chi connectivity index (χ0v) is 18.9. The molecule has 0 bridgehead atoms. The Bertz CT molecular complexity index is 1230. The van der Waals surface area contributed by atoms with Crippen LogP contribution in [0.3, 0.4) is 0 Å². The molecular weight excluding hydrogens is 461 g/mol. The summed E-state index contributed by atoms with van der Waals surface area (Å²) in [5.74, 6) is -0.543. The Hall–Kier alpha value is -3.91. The van der Waals surface area contributed by atoms with Crippen molar-refractivity contribution in [2.75, 3.05) is 11.9 Å². The lowest BCUT2D eigenvalue weighted by molar-refractivity contribution is -0.134. The molecule has 4 rings (SSSR count). The molecule has 0 spiro atoms. The highest BCUT2D eigenvalue weighted by Gasteiger charge is 2.51. The van der Waals surface area contributed by atoms with E-state index in [1.54, 1.807) is 55.5 Å².